The Kier molecular flexibility index (Phi) is 3.29. The topological polar surface area (TPSA) is 53.0 Å². The molecule has 0 bridgehead atoms. The number of nitrogens with two attached hydrogens (primary N) is 1. The summed E-state index contributed by atoms with van der Waals surface area (Å²) in [7, 11) is 0. The summed E-state index contributed by atoms with van der Waals surface area (Å²) in [5.41, 5.74) is 11.0. The fourth-order valence-electron chi connectivity index (χ4n) is 2.65. The number of nitrogens with zero attached hydrogens (tertiary/aromatic N) is 2. The van der Waals surface area contributed by atoms with Gasteiger partial charge in [-0.05, 0) is 41.6 Å². The van der Waals surface area contributed by atoms with Gasteiger partial charge in [0.15, 0.2) is 0 Å². The molecule has 1 heterocycles. The van der Waals surface area contributed by atoms with Crippen molar-refractivity contribution in [2.45, 2.75) is 18.0 Å². The van der Waals surface area contributed by atoms with Crippen LogP contribution in [0.5, 0.6) is 0 Å². The van der Waals surface area contributed by atoms with Crippen molar-refractivity contribution >= 4 is 23.1 Å². The third-order valence-corrected chi connectivity index (χ3v) is 4.41. The van der Waals surface area contributed by atoms with E-state index in [-0.39, 0.29) is 0 Å². The molecule has 2 aromatic rings. The molecule has 0 saturated carbocycles. The van der Waals surface area contributed by atoms with Gasteiger partial charge in [-0.15, -0.1) is 11.8 Å². The van der Waals surface area contributed by atoms with Crippen LogP contribution in [-0.4, -0.2) is 6.26 Å². The molecule has 2 N–H and O–H groups in total. The number of thioether (sulfide) groups is 1. The smallest absolute Gasteiger partial charge is 0.103 e. The Balaban J connectivity index is 1.99. The molecule has 0 aromatic heterocycles. The minimum absolute atomic E-state index is 0.765. The van der Waals surface area contributed by atoms with E-state index in [0.29, 0.717) is 0 Å². The van der Waals surface area contributed by atoms with Gasteiger partial charge < -0.3 is 10.6 Å². The first kappa shape index (κ1) is 12.9. The molecule has 0 saturated heterocycles. The second-order valence-corrected chi connectivity index (χ2v) is 5.70. The van der Waals surface area contributed by atoms with E-state index in [1.54, 1.807) is 11.8 Å². The highest BCUT2D eigenvalue weighted by Gasteiger charge is 2.22. The van der Waals surface area contributed by atoms with Gasteiger partial charge in [0.1, 0.15) is 6.07 Å². The van der Waals surface area contributed by atoms with Gasteiger partial charge in [0.2, 0.25) is 0 Å². The number of hydrogen-bond acceptors (Lipinski definition) is 4. The van der Waals surface area contributed by atoms with Gasteiger partial charge in [-0.3, -0.25) is 0 Å². The number of hydrogen-bond donors (Lipinski definition) is 1. The quantitative estimate of drug-likeness (QED) is 0.677. The molecule has 0 atom stereocenters. The Bertz CT molecular complexity index is 703. The highest BCUT2D eigenvalue weighted by molar-refractivity contribution is 7.98. The lowest BCUT2D eigenvalue weighted by molar-refractivity contribution is 0.875. The SMILES string of the molecule is CSc1cccc(N2Cc3ccc(N)cc3C2)c1C#N. The molecule has 0 fully saturated rings. The van der Waals surface area contributed by atoms with E-state index in [4.69, 9.17) is 5.73 Å². The number of fused-ring (bicyclic) bond motifs is 1. The minimum atomic E-state index is 0.765. The minimum Gasteiger partial charge on any atom is -0.399 e. The first-order valence-electron chi connectivity index (χ1n) is 6.42. The Morgan fingerprint density at radius 2 is 2.00 bits per heavy atom. The van der Waals surface area contributed by atoms with E-state index < -0.39 is 0 Å². The van der Waals surface area contributed by atoms with E-state index >= 15 is 0 Å². The largest absolute Gasteiger partial charge is 0.399 e. The fraction of sp³-hybridized carbons (Fsp3) is 0.188. The van der Waals surface area contributed by atoms with Crippen LogP contribution in [0.3, 0.4) is 0 Å². The van der Waals surface area contributed by atoms with E-state index in [1.807, 2.05) is 36.6 Å². The van der Waals surface area contributed by atoms with Crippen LogP contribution in [0.4, 0.5) is 11.4 Å². The van der Waals surface area contributed by atoms with Gasteiger partial charge in [-0.1, -0.05) is 12.1 Å². The zero-order valence-corrected chi connectivity index (χ0v) is 12.1. The maximum atomic E-state index is 9.44. The van der Waals surface area contributed by atoms with E-state index in [0.717, 1.165) is 34.9 Å². The highest BCUT2D eigenvalue weighted by Crippen LogP contribution is 2.34. The van der Waals surface area contributed by atoms with E-state index in [9.17, 15) is 5.26 Å². The zero-order valence-electron chi connectivity index (χ0n) is 11.3. The van der Waals surface area contributed by atoms with Crippen molar-refractivity contribution in [2.24, 2.45) is 0 Å². The number of benzene rings is 2. The summed E-state index contributed by atoms with van der Waals surface area (Å²) in [4.78, 5) is 3.27. The summed E-state index contributed by atoms with van der Waals surface area (Å²) in [5.74, 6) is 0. The van der Waals surface area contributed by atoms with Crippen LogP contribution in [0.15, 0.2) is 41.3 Å². The molecule has 1 aliphatic heterocycles. The van der Waals surface area contributed by atoms with Crippen LogP contribution in [0.25, 0.3) is 0 Å². The van der Waals surface area contributed by atoms with Crippen LogP contribution in [0.2, 0.25) is 0 Å². The van der Waals surface area contributed by atoms with Crippen molar-refractivity contribution in [1.29, 1.82) is 5.26 Å². The summed E-state index contributed by atoms with van der Waals surface area (Å²) >= 11 is 1.61. The van der Waals surface area contributed by atoms with Crippen molar-refractivity contribution in [3.63, 3.8) is 0 Å². The summed E-state index contributed by atoms with van der Waals surface area (Å²) in [6, 6.07) is 14.4. The van der Waals surface area contributed by atoms with E-state index in [1.165, 1.54) is 11.1 Å². The molecule has 4 heteroatoms. The molecular weight excluding hydrogens is 266 g/mol. The number of rotatable bonds is 2. The van der Waals surface area contributed by atoms with Gasteiger partial charge in [-0.25, -0.2) is 0 Å². The molecule has 20 heavy (non-hydrogen) atoms. The van der Waals surface area contributed by atoms with Gasteiger partial charge in [-0.2, -0.15) is 5.26 Å². The standard InChI is InChI=1S/C16H15N3S/c1-20-16-4-2-3-15(14(16)8-17)19-9-11-5-6-13(18)7-12(11)10-19/h2-7H,9-10,18H2,1H3. The average molecular weight is 281 g/mol. The van der Waals surface area contributed by atoms with Crippen molar-refractivity contribution in [2.75, 3.05) is 16.9 Å². The second kappa shape index (κ2) is 5.10. The monoisotopic (exact) mass is 281 g/mol. The third-order valence-electron chi connectivity index (χ3n) is 3.63. The molecule has 0 amide bonds. The second-order valence-electron chi connectivity index (χ2n) is 4.85. The molecule has 0 aliphatic carbocycles. The van der Waals surface area contributed by atoms with Crippen LogP contribution >= 0.6 is 11.8 Å². The first-order chi connectivity index (χ1) is 9.72. The fourth-order valence-corrected chi connectivity index (χ4v) is 3.22. The predicted octanol–water partition coefficient (Wildman–Crippen LogP) is 3.38. The van der Waals surface area contributed by atoms with Gasteiger partial charge >= 0.3 is 0 Å². The summed E-state index contributed by atoms with van der Waals surface area (Å²) in [6.07, 6.45) is 2.00. The Morgan fingerprint density at radius 1 is 1.20 bits per heavy atom. The third kappa shape index (κ3) is 2.10. The molecule has 0 radical (unpaired) electrons. The molecule has 0 unspecified atom stereocenters. The molecular formula is C16H15N3S. The summed E-state index contributed by atoms with van der Waals surface area (Å²) in [5, 5.41) is 9.44. The average Bonchev–Trinajstić information content (AvgIpc) is 2.88. The van der Waals surface area contributed by atoms with Crippen LogP contribution in [0.1, 0.15) is 16.7 Å². The lowest BCUT2D eigenvalue weighted by Gasteiger charge is -2.20. The first-order valence-corrected chi connectivity index (χ1v) is 7.64. The summed E-state index contributed by atoms with van der Waals surface area (Å²) in [6.45, 7) is 1.65. The van der Waals surface area contributed by atoms with Gasteiger partial charge in [0.25, 0.3) is 0 Å². The zero-order chi connectivity index (χ0) is 14.1. The lowest BCUT2D eigenvalue weighted by atomic mass is 10.1. The molecule has 3 nitrogen and oxygen atoms in total. The Hall–Kier alpha value is -2.12. The maximum Gasteiger partial charge on any atom is 0.103 e. The molecule has 2 aromatic carbocycles. The van der Waals surface area contributed by atoms with Crippen molar-refractivity contribution < 1.29 is 0 Å². The van der Waals surface area contributed by atoms with Gasteiger partial charge in [0, 0.05) is 23.7 Å². The molecule has 0 spiro atoms. The van der Waals surface area contributed by atoms with Crippen molar-refractivity contribution in [1.82, 2.24) is 0 Å². The van der Waals surface area contributed by atoms with Crippen molar-refractivity contribution in [3.05, 3.63) is 53.1 Å². The summed E-state index contributed by atoms with van der Waals surface area (Å²) < 4.78 is 0. The van der Waals surface area contributed by atoms with Crippen LogP contribution in [0, 0.1) is 11.3 Å². The van der Waals surface area contributed by atoms with Gasteiger partial charge in [0.05, 0.1) is 11.3 Å². The number of nitrogen functional groups attached to an aromatic ring is 1. The normalized spacial score (nSPS) is 13.1. The molecule has 1 aliphatic rings. The predicted molar refractivity (Wildman–Crippen MR) is 83.7 cm³/mol. The molecule has 100 valence electrons. The van der Waals surface area contributed by atoms with Crippen LogP contribution in [-0.2, 0) is 13.1 Å². The number of anilines is 2. The Morgan fingerprint density at radius 3 is 2.75 bits per heavy atom. The van der Waals surface area contributed by atoms with E-state index in [2.05, 4.69) is 17.0 Å². The highest BCUT2D eigenvalue weighted by atomic mass is 32.2. The Labute approximate surface area is 123 Å². The van der Waals surface area contributed by atoms with Crippen LogP contribution < -0.4 is 10.6 Å². The van der Waals surface area contributed by atoms with Crippen molar-refractivity contribution in [3.8, 4) is 6.07 Å². The maximum absolute atomic E-state index is 9.44. The molecule has 3 rings (SSSR count). The lowest BCUT2D eigenvalue weighted by Crippen LogP contribution is -2.16. The number of nitriles is 1.